The summed E-state index contributed by atoms with van der Waals surface area (Å²) >= 11 is 8.06. The molecule has 0 radical (unpaired) electrons. The number of carbonyl (C=O) groups is 1. The lowest BCUT2D eigenvalue weighted by Crippen LogP contribution is -2.21. The highest BCUT2D eigenvalue weighted by Gasteiger charge is 2.16. The monoisotopic (exact) mass is 363 g/mol. The van der Waals surface area contributed by atoms with E-state index in [1.807, 2.05) is 0 Å². The van der Waals surface area contributed by atoms with Gasteiger partial charge < -0.3 is 5.11 Å². The Hall–Kier alpha value is -1.19. The Morgan fingerprint density at radius 2 is 2.19 bits per heavy atom. The minimum absolute atomic E-state index is 0.142. The number of nitrogens with one attached hydrogen (secondary N) is 1. The lowest BCUT2D eigenvalue weighted by Gasteiger charge is -2.02. The highest BCUT2D eigenvalue weighted by atomic mass is 35.5. The Morgan fingerprint density at radius 1 is 1.43 bits per heavy atom. The molecule has 0 spiro atoms. The molecular weight excluding hydrogens is 354 g/mol. The number of thiophene rings is 2. The van der Waals surface area contributed by atoms with Crippen molar-refractivity contribution in [3.8, 4) is 0 Å². The number of aliphatic carboxylic acids is 1. The maximum Gasteiger partial charge on any atom is 0.328 e. The van der Waals surface area contributed by atoms with Crippen LogP contribution in [0.15, 0.2) is 33.9 Å². The minimum atomic E-state index is -3.58. The summed E-state index contributed by atoms with van der Waals surface area (Å²) in [5, 5.41) is 10.3. The fraction of sp³-hybridized carbons (Fsp3) is 0.0833. The zero-order valence-corrected chi connectivity index (χ0v) is 13.7. The Morgan fingerprint density at radius 3 is 2.81 bits per heavy atom. The molecule has 0 aliphatic carbocycles. The number of sulfonamides is 1. The van der Waals surface area contributed by atoms with E-state index in [4.69, 9.17) is 16.7 Å². The van der Waals surface area contributed by atoms with E-state index >= 15 is 0 Å². The van der Waals surface area contributed by atoms with Gasteiger partial charge in [0.2, 0.25) is 10.0 Å². The molecule has 5 nitrogen and oxygen atoms in total. The normalized spacial score (nSPS) is 12.0. The predicted molar refractivity (Wildman–Crippen MR) is 84.3 cm³/mol. The Balaban J connectivity index is 2.01. The van der Waals surface area contributed by atoms with Gasteiger partial charge in [0.05, 0.1) is 4.34 Å². The Bertz CT molecular complexity index is 776. The van der Waals surface area contributed by atoms with Crippen LogP contribution in [-0.4, -0.2) is 19.5 Å². The van der Waals surface area contributed by atoms with E-state index in [2.05, 4.69) is 4.72 Å². The largest absolute Gasteiger partial charge is 0.478 e. The van der Waals surface area contributed by atoms with E-state index in [9.17, 15) is 13.2 Å². The summed E-state index contributed by atoms with van der Waals surface area (Å²) in [6.45, 7) is 0.142. The van der Waals surface area contributed by atoms with Gasteiger partial charge in [0.25, 0.3) is 0 Å². The Kier molecular flexibility index (Phi) is 5.17. The molecule has 0 saturated heterocycles. The van der Waals surface area contributed by atoms with E-state index < -0.39 is 16.0 Å². The van der Waals surface area contributed by atoms with Gasteiger partial charge in [-0.3, -0.25) is 0 Å². The fourth-order valence-corrected chi connectivity index (χ4v) is 4.84. The number of rotatable bonds is 6. The van der Waals surface area contributed by atoms with Gasteiger partial charge in [-0.1, -0.05) is 11.6 Å². The first-order valence-corrected chi connectivity index (χ1v) is 9.16. The lowest BCUT2D eigenvalue weighted by atomic mass is 10.3. The maximum absolute atomic E-state index is 12.0. The summed E-state index contributed by atoms with van der Waals surface area (Å²) < 4.78 is 27.0. The van der Waals surface area contributed by atoms with Crippen molar-refractivity contribution in [3.05, 3.63) is 44.4 Å². The van der Waals surface area contributed by atoms with Crippen LogP contribution in [0.3, 0.4) is 0 Å². The van der Waals surface area contributed by atoms with Crippen molar-refractivity contribution in [2.45, 2.75) is 10.8 Å². The molecule has 21 heavy (non-hydrogen) atoms. The molecule has 0 aromatic carbocycles. The summed E-state index contributed by atoms with van der Waals surface area (Å²) in [5.74, 6) is -1.03. The average Bonchev–Trinajstić information content (AvgIpc) is 3.03. The SMILES string of the molecule is O=C(O)C=Cc1csc(CNS(=O)(=O)c2ccc(Cl)s2)c1. The zero-order chi connectivity index (χ0) is 15.5. The summed E-state index contributed by atoms with van der Waals surface area (Å²) in [4.78, 5) is 11.2. The topological polar surface area (TPSA) is 83.5 Å². The van der Waals surface area contributed by atoms with Crippen LogP contribution in [0.5, 0.6) is 0 Å². The second-order valence-electron chi connectivity index (χ2n) is 3.90. The van der Waals surface area contributed by atoms with Crippen LogP contribution in [0, 0.1) is 0 Å². The van der Waals surface area contributed by atoms with Crippen molar-refractivity contribution in [3.63, 3.8) is 0 Å². The molecule has 0 bridgehead atoms. The molecule has 0 saturated carbocycles. The molecule has 0 aliphatic heterocycles. The van der Waals surface area contributed by atoms with Crippen molar-refractivity contribution >= 4 is 56.3 Å². The van der Waals surface area contributed by atoms with Crippen LogP contribution in [0.2, 0.25) is 4.34 Å². The highest BCUT2D eigenvalue weighted by Crippen LogP contribution is 2.25. The average molecular weight is 364 g/mol. The number of hydrogen-bond acceptors (Lipinski definition) is 5. The van der Waals surface area contributed by atoms with Crippen molar-refractivity contribution in [1.29, 1.82) is 0 Å². The standard InChI is InChI=1S/C12H10ClNO4S3/c13-10-2-4-12(20-10)21(17,18)14-6-9-5-8(7-19-9)1-3-11(15)16/h1-5,7,14H,6H2,(H,15,16). The van der Waals surface area contributed by atoms with E-state index in [-0.39, 0.29) is 10.8 Å². The van der Waals surface area contributed by atoms with Gasteiger partial charge in [-0.15, -0.1) is 22.7 Å². The van der Waals surface area contributed by atoms with E-state index in [0.717, 1.165) is 27.9 Å². The van der Waals surface area contributed by atoms with Crippen molar-refractivity contribution in [2.75, 3.05) is 0 Å². The van der Waals surface area contributed by atoms with Gasteiger partial charge in [0, 0.05) is 17.5 Å². The summed E-state index contributed by atoms with van der Waals surface area (Å²) in [6, 6.07) is 4.71. The van der Waals surface area contributed by atoms with Gasteiger partial charge >= 0.3 is 5.97 Å². The summed E-state index contributed by atoms with van der Waals surface area (Å²) in [7, 11) is -3.58. The first kappa shape index (κ1) is 16.2. The van der Waals surface area contributed by atoms with Gasteiger partial charge in [0.15, 0.2) is 0 Å². The van der Waals surface area contributed by atoms with Crippen LogP contribution in [0.1, 0.15) is 10.4 Å². The van der Waals surface area contributed by atoms with Crippen molar-refractivity contribution in [2.24, 2.45) is 0 Å². The minimum Gasteiger partial charge on any atom is -0.478 e. The second kappa shape index (κ2) is 6.71. The van der Waals surface area contributed by atoms with Crippen molar-refractivity contribution in [1.82, 2.24) is 4.72 Å². The number of halogens is 1. The summed E-state index contributed by atoms with van der Waals surface area (Å²) in [6.07, 6.45) is 2.49. The molecule has 0 unspecified atom stereocenters. The van der Waals surface area contributed by atoms with Crippen LogP contribution in [0.25, 0.3) is 6.08 Å². The molecule has 9 heteroatoms. The van der Waals surface area contributed by atoms with E-state index in [1.165, 1.54) is 29.5 Å². The zero-order valence-electron chi connectivity index (χ0n) is 10.4. The quantitative estimate of drug-likeness (QED) is 0.772. The lowest BCUT2D eigenvalue weighted by molar-refractivity contribution is -0.131. The van der Waals surface area contributed by atoms with Gasteiger partial charge in [0.1, 0.15) is 4.21 Å². The molecule has 2 rings (SSSR count). The molecule has 2 aromatic heterocycles. The second-order valence-corrected chi connectivity index (χ2v) is 8.61. The third-order valence-corrected chi connectivity index (χ3v) is 6.42. The molecule has 2 N–H and O–H groups in total. The molecule has 2 heterocycles. The van der Waals surface area contributed by atoms with Gasteiger partial charge in [-0.05, 0) is 35.2 Å². The van der Waals surface area contributed by atoms with Crippen LogP contribution in [-0.2, 0) is 21.4 Å². The molecular formula is C12H10ClNO4S3. The molecule has 112 valence electrons. The number of carboxylic acids is 1. The third kappa shape index (κ3) is 4.65. The highest BCUT2D eigenvalue weighted by molar-refractivity contribution is 7.91. The van der Waals surface area contributed by atoms with Crippen LogP contribution < -0.4 is 4.72 Å². The fourth-order valence-electron chi connectivity index (χ4n) is 1.42. The van der Waals surface area contributed by atoms with Gasteiger partial charge in [-0.2, -0.15) is 0 Å². The molecule has 0 atom stereocenters. The number of carboxylic acid groups (broad SMARTS) is 1. The molecule has 0 aliphatic rings. The maximum atomic E-state index is 12.0. The smallest absolute Gasteiger partial charge is 0.328 e. The van der Waals surface area contributed by atoms with Crippen molar-refractivity contribution < 1.29 is 18.3 Å². The molecule has 0 amide bonds. The molecule has 2 aromatic rings. The Labute approximate surface area is 134 Å². The summed E-state index contributed by atoms with van der Waals surface area (Å²) in [5.41, 5.74) is 0.718. The molecule has 0 fully saturated rings. The van der Waals surface area contributed by atoms with Crippen LogP contribution in [0.4, 0.5) is 0 Å². The number of hydrogen-bond donors (Lipinski definition) is 2. The van der Waals surface area contributed by atoms with Gasteiger partial charge in [-0.25, -0.2) is 17.9 Å². The van der Waals surface area contributed by atoms with Crippen LogP contribution >= 0.6 is 34.3 Å². The first-order valence-electron chi connectivity index (χ1n) is 5.60. The first-order chi connectivity index (χ1) is 9.87. The predicted octanol–water partition coefficient (Wildman–Crippen LogP) is 3.04. The van der Waals surface area contributed by atoms with E-state index in [1.54, 1.807) is 11.4 Å². The van der Waals surface area contributed by atoms with E-state index in [0.29, 0.717) is 4.34 Å². The third-order valence-electron chi connectivity index (χ3n) is 2.34.